The van der Waals surface area contributed by atoms with Gasteiger partial charge in [-0.1, -0.05) is 0 Å². The second-order valence-electron chi connectivity index (χ2n) is 4.22. The fraction of sp³-hybridized carbons (Fsp3) is 0.455. The molecule has 1 saturated heterocycles. The van der Waals surface area contributed by atoms with E-state index in [0.29, 0.717) is 11.9 Å². The molecule has 0 radical (unpaired) electrons. The van der Waals surface area contributed by atoms with Crippen molar-refractivity contribution in [1.82, 2.24) is 24.5 Å². The Hall–Kier alpha value is -1.83. The largest absolute Gasteiger partial charge is 0.368 e. The monoisotopic (exact) mass is 277 g/mol. The zero-order chi connectivity index (χ0) is 13.1. The molecule has 0 aliphatic carbocycles. The van der Waals surface area contributed by atoms with E-state index in [1.807, 2.05) is 11.8 Å². The molecule has 7 nitrogen and oxygen atoms in total. The van der Waals surface area contributed by atoms with Crippen molar-refractivity contribution in [2.45, 2.75) is 6.42 Å². The Labute approximate surface area is 115 Å². The van der Waals surface area contributed by atoms with E-state index in [2.05, 4.69) is 24.8 Å². The molecule has 2 N–H and O–H groups in total. The van der Waals surface area contributed by atoms with Gasteiger partial charge in [-0.05, 0) is 12.2 Å². The van der Waals surface area contributed by atoms with Crippen LogP contribution in [0.4, 0.5) is 11.9 Å². The number of nitrogen functional groups attached to an aromatic ring is 1. The Morgan fingerprint density at radius 2 is 2.00 bits per heavy atom. The maximum absolute atomic E-state index is 5.78. The molecule has 1 aliphatic heterocycles. The number of anilines is 2. The number of nitrogens with two attached hydrogens (primary N) is 1. The predicted octanol–water partition coefficient (Wildman–Crippen LogP) is 0.583. The first-order valence-corrected chi connectivity index (χ1v) is 7.31. The number of hydrogen-bond donors (Lipinski definition) is 1. The highest BCUT2D eigenvalue weighted by Crippen LogP contribution is 2.16. The molecule has 0 amide bonds. The Morgan fingerprint density at radius 1 is 1.11 bits per heavy atom. The van der Waals surface area contributed by atoms with Gasteiger partial charge in [-0.25, -0.2) is 4.98 Å². The van der Waals surface area contributed by atoms with Crippen molar-refractivity contribution in [3.05, 3.63) is 18.7 Å². The number of rotatable bonds is 2. The fourth-order valence-electron chi connectivity index (χ4n) is 1.95. The van der Waals surface area contributed by atoms with Gasteiger partial charge in [0.15, 0.2) is 0 Å². The Bertz CT molecular complexity index is 534. The summed E-state index contributed by atoms with van der Waals surface area (Å²) in [7, 11) is 0. The maximum atomic E-state index is 5.78. The van der Waals surface area contributed by atoms with Crippen molar-refractivity contribution in [2.24, 2.45) is 0 Å². The first-order valence-electron chi connectivity index (χ1n) is 6.15. The maximum Gasteiger partial charge on any atom is 0.241 e. The van der Waals surface area contributed by atoms with Gasteiger partial charge in [0.05, 0.1) is 0 Å². The molecule has 0 atom stereocenters. The number of nitrogens with zero attached hydrogens (tertiary/aromatic N) is 6. The molecular weight excluding hydrogens is 262 g/mol. The van der Waals surface area contributed by atoms with E-state index >= 15 is 0 Å². The third kappa shape index (κ3) is 2.78. The molecule has 0 unspecified atom stereocenters. The summed E-state index contributed by atoms with van der Waals surface area (Å²) in [6.45, 7) is 1.90. The van der Waals surface area contributed by atoms with E-state index < -0.39 is 0 Å². The van der Waals surface area contributed by atoms with E-state index in [-0.39, 0.29) is 5.95 Å². The van der Waals surface area contributed by atoms with Crippen LogP contribution in [-0.4, -0.2) is 49.1 Å². The number of thioether (sulfide) groups is 1. The lowest BCUT2D eigenvalue weighted by atomic mass is 10.4. The molecule has 8 heteroatoms. The predicted molar refractivity (Wildman–Crippen MR) is 75.5 cm³/mol. The van der Waals surface area contributed by atoms with Crippen LogP contribution in [0.25, 0.3) is 5.95 Å². The van der Waals surface area contributed by atoms with Gasteiger partial charge in [-0.3, -0.25) is 4.57 Å². The summed E-state index contributed by atoms with van der Waals surface area (Å²) in [5.41, 5.74) is 5.78. The lowest BCUT2D eigenvalue weighted by Gasteiger charge is -2.20. The normalized spacial score (nSPS) is 16.3. The molecule has 0 aromatic carbocycles. The van der Waals surface area contributed by atoms with E-state index in [1.54, 1.807) is 23.3 Å². The number of aromatic nitrogens is 5. The van der Waals surface area contributed by atoms with Gasteiger partial charge < -0.3 is 10.6 Å². The zero-order valence-electron chi connectivity index (χ0n) is 10.4. The highest BCUT2D eigenvalue weighted by molar-refractivity contribution is 7.99. The van der Waals surface area contributed by atoms with E-state index in [9.17, 15) is 0 Å². The summed E-state index contributed by atoms with van der Waals surface area (Å²) in [5, 5.41) is 0. The van der Waals surface area contributed by atoms with Crippen LogP contribution in [0.3, 0.4) is 0 Å². The molecular formula is C11H15N7S. The molecule has 3 rings (SSSR count). The Balaban J connectivity index is 1.92. The number of imidazole rings is 1. The second-order valence-corrected chi connectivity index (χ2v) is 5.44. The minimum absolute atomic E-state index is 0.241. The summed E-state index contributed by atoms with van der Waals surface area (Å²) in [6, 6.07) is 0. The molecule has 2 aromatic rings. The molecule has 1 aliphatic rings. The molecule has 19 heavy (non-hydrogen) atoms. The third-order valence-electron chi connectivity index (χ3n) is 2.87. The van der Waals surface area contributed by atoms with E-state index in [1.165, 1.54) is 5.75 Å². The summed E-state index contributed by atoms with van der Waals surface area (Å²) in [6.07, 6.45) is 6.26. The van der Waals surface area contributed by atoms with Crippen molar-refractivity contribution in [2.75, 3.05) is 35.2 Å². The van der Waals surface area contributed by atoms with Gasteiger partial charge in [0.25, 0.3) is 0 Å². The van der Waals surface area contributed by atoms with Crippen LogP contribution in [-0.2, 0) is 0 Å². The Kier molecular flexibility index (Phi) is 3.49. The standard InChI is InChI=1S/C11H15N7S/c12-9-14-10(17-3-1-6-19-7-5-17)16-11(15-9)18-4-2-13-8-18/h2,4,8H,1,3,5-7H2,(H2,12,14,15,16). The molecule has 1 fully saturated rings. The molecule has 0 bridgehead atoms. The van der Waals surface area contributed by atoms with Crippen molar-refractivity contribution < 1.29 is 0 Å². The molecule has 0 saturated carbocycles. The van der Waals surface area contributed by atoms with Crippen LogP contribution in [0.2, 0.25) is 0 Å². The van der Waals surface area contributed by atoms with Crippen LogP contribution in [0.5, 0.6) is 0 Å². The van der Waals surface area contributed by atoms with Gasteiger partial charge in [-0.2, -0.15) is 26.7 Å². The summed E-state index contributed by atoms with van der Waals surface area (Å²) >= 11 is 1.96. The first kappa shape index (κ1) is 12.2. The summed E-state index contributed by atoms with van der Waals surface area (Å²) in [4.78, 5) is 19.0. The third-order valence-corrected chi connectivity index (χ3v) is 3.92. The average molecular weight is 277 g/mol. The van der Waals surface area contributed by atoms with Crippen molar-refractivity contribution >= 4 is 23.7 Å². The van der Waals surface area contributed by atoms with E-state index in [0.717, 1.165) is 25.3 Å². The number of hydrogen-bond acceptors (Lipinski definition) is 7. The van der Waals surface area contributed by atoms with Crippen LogP contribution in [0.1, 0.15) is 6.42 Å². The summed E-state index contributed by atoms with van der Waals surface area (Å²) in [5.74, 6) is 3.68. The van der Waals surface area contributed by atoms with Crippen molar-refractivity contribution in [3.63, 3.8) is 0 Å². The second kappa shape index (κ2) is 5.43. The molecule has 2 aromatic heterocycles. The summed E-state index contributed by atoms with van der Waals surface area (Å²) < 4.78 is 1.73. The molecule has 3 heterocycles. The van der Waals surface area contributed by atoms with Gasteiger partial charge in [-0.15, -0.1) is 0 Å². The quantitative estimate of drug-likeness (QED) is 0.859. The topological polar surface area (TPSA) is 85.8 Å². The minimum Gasteiger partial charge on any atom is -0.368 e. The van der Waals surface area contributed by atoms with Crippen LogP contribution in [0.15, 0.2) is 18.7 Å². The fourth-order valence-corrected chi connectivity index (χ4v) is 2.84. The smallest absolute Gasteiger partial charge is 0.241 e. The highest BCUT2D eigenvalue weighted by Gasteiger charge is 2.15. The van der Waals surface area contributed by atoms with Gasteiger partial charge in [0.2, 0.25) is 17.8 Å². The van der Waals surface area contributed by atoms with Crippen molar-refractivity contribution in [3.8, 4) is 5.95 Å². The SMILES string of the molecule is Nc1nc(N2CCCSCC2)nc(-n2ccnc2)n1. The minimum atomic E-state index is 0.241. The van der Waals surface area contributed by atoms with Crippen LogP contribution < -0.4 is 10.6 Å². The Morgan fingerprint density at radius 3 is 2.84 bits per heavy atom. The van der Waals surface area contributed by atoms with Gasteiger partial charge in [0.1, 0.15) is 6.33 Å². The first-order chi connectivity index (χ1) is 9.33. The van der Waals surface area contributed by atoms with Crippen LogP contribution in [0, 0.1) is 0 Å². The van der Waals surface area contributed by atoms with E-state index in [4.69, 9.17) is 5.73 Å². The lowest BCUT2D eigenvalue weighted by molar-refractivity contribution is 0.768. The van der Waals surface area contributed by atoms with Crippen LogP contribution >= 0.6 is 11.8 Å². The molecule has 100 valence electrons. The van der Waals surface area contributed by atoms with Gasteiger partial charge in [0, 0.05) is 31.2 Å². The average Bonchev–Trinajstić information content (AvgIpc) is 2.81. The highest BCUT2D eigenvalue weighted by atomic mass is 32.2. The molecule has 0 spiro atoms. The van der Waals surface area contributed by atoms with Gasteiger partial charge >= 0.3 is 0 Å². The lowest BCUT2D eigenvalue weighted by Crippen LogP contribution is -2.28. The van der Waals surface area contributed by atoms with Crippen molar-refractivity contribution in [1.29, 1.82) is 0 Å². The zero-order valence-corrected chi connectivity index (χ0v) is 11.3.